The summed E-state index contributed by atoms with van der Waals surface area (Å²) in [4.78, 5) is 22.6. The Morgan fingerprint density at radius 2 is 2.12 bits per heavy atom. The van der Waals surface area contributed by atoms with Gasteiger partial charge in [0, 0.05) is 31.0 Å². The van der Waals surface area contributed by atoms with Crippen LogP contribution in [0.15, 0.2) is 46.9 Å². The summed E-state index contributed by atoms with van der Waals surface area (Å²) >= 11 is 3.18. The summed E-state index contributed by atoms with van der Waals surface area (Å²) in [5.41, 5.74) is 0.129. The number of morpholine rings is 1. The van der Waals surface area contributed by atoms with Gasteiger partial charge in [-0.1, -0.05) is 23.9 Å². The van der Waals surface area contributed by atoms with Gasteiger partial charge < -0.3 is 14.4 Å². The second-order valence-corrected chi connectivity index (χ2v) is 9.45. The Labute approximate surface area is 190 Å². The van der Waals surface area contributed by atoms with E-state index in [1.807, 2.05) is 24.3 Å². The number of pyridine rings is 1. The van der Waals surface area contributed by atoms with Crippen LogP contribution in [-0.2, 0) is 15.7 Å². The van der Waals surface area contributed by atoms with Crippen molar-refractivity contribution in [3.8, 4) is 5.88 Å². The van der Waals surface area contributed by atoms with Crippen molar-refractivity contribution in [2.75, 3.05) is 32.1 Å². The van der Waals surface area contributed by atoms with Crippen LogP contribution in [-0.4, -0.2) is 58.9 Å². The van der Waals surface area contributed by atoms with Gasteiger partial charge in [0.2, 0.25) is 11.8 Å². The van der Waals surface area contributed by atoms with Crippen molar-refractivity contribution in [2.24, 2.45) is 0 Å². The lowest BCUT2D eigenvalue weighted by Gasteiger charge is -2.32. The average Bonchev–Trinajstić information content (AvgIpc) is 3.20. The van der Waals surface area contributed by atoms with Crippen molar-refractivity contribution in [1.82, 2.24) is 14.9 Å². The third-order valence-electron chi connectivity index (χ3n) is 4.79. The molecule has 3 aromatic rings. The Morgan fingerprint density at radius 1 is 1.28 bits per heavy atom. The molecule has 4 rings (SSSR count). The Hall–Kier alpha value is -2.37. The maximum absolute atomic E-state index is 12.6. The van der Waals surface area contributed by atoms with Gasteiger partial charge >= 0.3 is 6.18 Å². The van der Waals surface area contributed by atoms with Crippen molar-refractivity contribution in [1.29, 1.82) is 0 Å². The summed E-state index contributed by atoms with van der Waals surface area (Å²) in [6, 6.07) is 10.0. The van der Waals surface area contributed by atoms with E-state index in [0.29, 0.717) is 31.9 Å². The van der Waals surface area contributed by atoms with E-state index in [0.717, 1.165) is 26.8 Å². The molecule has 3 heterocycles. The van der Waals surface area contributed by atoms with E-state index in [4.69, 9.17) is 9.47 Å². The molecule has 1 fully saturated rings. The monoisotopic (exact) mass is 483 g/mol. The summed E-state index contributed by atoms with van der Waals surface area (Å²) in [7, 11) is 0. The van der Waals surface area contributed by atoms with E-state index >= 15 is 0 Å². The molecule has 11 heteroatoms. The van der Waals surface area contributed by atoms with E-state index in [2.05, 4.69) is 9.97 Å². The van der Waals surface area contributed by atoms with Crippen LogP contribution in [0.3, 0.4) is 0 Å². The molecule has 2 aromatic heterocycles. The number of ether oxygens (including phenoxy) is 2. The van der Waals surface area contributed by atoms with Crippen LogP contribution in [0, 0.1) is 0 Å². The fourth-order valence-corrected chi connectivity index (χ4v) is 5.22. The normalized spacial score (nSPS) is 17.0. The van der Waals surface area contributed by atoms with E-state index in [-0.39, 0.29) is 24.5 Å². The number of hydrogen-bond acceptors (Lipinski definition) is 7. The van der Waals surface area contributed by atoms with Gasteiger partial charge in [0.25, 0.3) is 0 Å². The van der Waals surface area contributed by atoms with Gasteiger partial charge in [0.1, 0.15) is 12.7 Å². The standard InChI is InChI=1S/C21H20F3N3O3S2/c22-21(23,24)14-5-6-18(25-11-14)30-13-15-12-27(8-9-29-15)19(28)7-10-31-20-26-16-3-1-2-4-17(16)32-20/h1-6,11,15H,7-10,12-13H2. The van der Waals surface area contributed by atoms with Crippen LogP contribution in [0.4, 0.5) is 13.2 Å². The Bertz CT molecular complexity index is 1030. The molecular weight excluding hydrogens is 463 g/mol. The molecule has 1 unspecified atom stereocenters. The molecule has 1 aromatic carbocycles. The first kappa shape index (κ1) is 22.8. The van der Waals surface area contributed by atoms with Gasteiger partial charge in [-0.3, -0.25) is 4.79 Å². The quantitative estimate of drug-likeness (QED) is 0.461. The maximum Gasteiger partial charge on any atom is 0.417 e. The number of thioether (sulfide) groups is 1. The van der Waals surface area contributed by atoms with Gasteiger partial charge in [0.15, 0.2) is 4.34 Å². The van der Waals surface area contributed by atoms with Gasteiger partial charge in [-0.15, -0.1) is 11.3 Å². The van der Waals surface area contributed by atoms with Crippen LogP contribution in [0.1, 0.15) is 12.0 Å². The number of halogens is 3. The number of thiazole rings is 1. The third kappa shape index (κ3) is 5.90. The Morgan fingerprint density at radius 3 is 2.88 bits per heavy atom. The van der Waals surface area contributed by atoms with E-state index in [1.165, 1.54) is 6.07 Å². The minimum absolute atomic E-state index is 0.0274. The maximum atomic E-state index is 12.6. The number of fused-ring (bicyclic) bond motifs is 1. The fraction of sp³-hybridized carbons (Fsp3) is 0.381. The molecule has 1 aliphatic heterocycles. The van der Waals surface area contributed by atoms with Crippen molar-refractivity contribution in [3.05, 3.63) is 48.2 Å². The number of benzene rings is 1. The molecule has 1 aliphatic rings. The summed E-state index contributed by atoms with van der Waals surface area (Å²) in [6.45, 7) is 1.35. The molecule has 170 valence electrons. The fourth-order valence-electron chi connectivity index (χ4n) is 3.15. The van der Waals surface area contributed by atoms with Crippen LogP contribution in [0.2, 0.25) is 0 Å². The summed E-state index contributed by atoms with van der Waals surface area (Å²) < 4.78 is 51.0. The second-order valence-electron chi connectivity index (χ2n) is 7.07. The zero-order valence-corrected chi connectivity index (χ0v) is 18.5. The largest absolute Gasteiger partial charge is 0.475 e. The van der Waals surface area contributed by atoms with E-state index in [1.54, 1.807) is 28.0 Å². The number of nitrogens with zero attached hydrogens (tertiary/aromatic N) is 3. The number of para-hydroxylation sites is 1. The SMILES string of the molecule is O=C(CCSc1nc2ccccc2s1)N1CCOC(COc2ccc(C(F)(F)F)cn2)C1. The lowest BCUT2D eigenvalue weighted by Crippen LogP contribution is -2.47. The van der Waals surface area contributed by atoms with Crippen LogP contribution < -0.4 is 4.74 Å². The number of aromatic nitrogens is 2. The molecule has 0 radical (unpaired) electrons. The van der Waals surface area contributed by atoms with Crippen LogP contribution >= 0.6 is 23.1 Å². The smallest absolute Gasteiger partial charge is 0.417 e. The molecule has 1 saturated heterocycles. The number of alkyl halides is 3. The number of rotatable bonds is 7. The van der Waals surface area contributed by atoms with Crippen molar-refractivity contribution in [3.63, 3.8) is 0 Å². The number of carbonyl (C=O) groups excluding carboxylic acids is 1. The lowest BCUT2D eigenvalue weighted by atomic mass is 10.2. The first-order valence-electron chi connectivity index (χ1n) is 9.92. The highest BCUT2D eigenvalue weighted by Crippen LogP contribution is 2.30. The van der Waals surface area contributed by atoms with Gasteiger partial charge in [0.05, 0.1) is 28.9 Å². The second kappa shape index (κ2) is 10.1. The van der Waals surface area contributed by atoms with Gasteiger partial charge in [-0.2, -0.15) is 13.2 Å². The van der Waals surface area contributed by atoms with Gasteiger partial charge in [-0.25, -0.2) is 9.97 Å². The topological polar surface area (TPSA) is 64.6 Å². The number of carbonyl (C=O) groups is 1. The lowest BCUT2D eigenvalue weighted by molar-refractivity contribution is -0.139. The molecule has 0 spiro atoms. The number of amides is 1. The van der Waals surface area contributed by atoms with E-state index in [9.17, 15) is 18.0 Å². The highest BCUT2D eigenvalue weighted by atomic mass is 32.2. The first-order valence-corrected chi connectivity index (χ1v) is 11.7. The zero-order valence-electron chi connectivity index (χ0n) is 16.9. The minimum atomic E-state index is -4.44. The molecule has 6 nitrogen and oxygen atoms in total. The number of hydrogen-bond donors (Lipinski definition) is 0. The van der Waals surface area contributed by atoms with Crippen LogP contribution in [0.25, 0.3) is 10.2 Å². The predicted molar refractivity (Wildman–Crippen MR) is 116 cm³/mol. The molecule has 0 N–H and O–H groups in total. The average molecular weight is 484 g/mol. The molecule has 32 heavy (non-hydrogen) atoms. The summed E-state index contributed by atoms with van der Waals surface area (Å²) in [6.07, 6.45) is -3.69. The van der Waals surface area contributed by atoms with Gasteiger partial charge in [-0.05, 0) is 18.2 Å². The molecular formula is C21H20F3N3O3S2. The molecule has 0 aliphatic carbocycles. The summed E-state index contributed by atoms with van der Waals surface area (Å²) in [5, 5.41) is 0. The van der Waals surface area contributed by atoms with Crippen molar-refractivity contribution in [2.45, 2.75) is 23.0 Å². The molecule has 0 bridgehead atoms. The van der Waals surface area contributed by atoms with Crippen LogP contribution in [0.5, 0.6) is 5.88 Å². The zero-order chi connectivity index (χ0) is 22.6. The molecule has 0 saturated carbocycles. The van der Waals surface area contributed by atoms with E-state index < -0.39 is 11.7 Å². The summed E-state index contributed by atoms with van der Waals surface area (Å²) in [5.74, 6) is 0.740. The minimum Gasteiger partial charge on any atom is -0.475 e. The Balaban J connectivity index is 1.22. The molecule has 1 atom stereocenters. The third-order valence-corrected chi connectivity index (χ3v) is 6.97. The van der Waals surface area contributed by atoms with Crippen molar-refractivity contribution < 1.29 is 27.4 Å². The Kier molecular flexibility index (Phi) is 7.17. The first-order chi connectivity index (χ1) is 15.4. The highest BCUT2D eigenvalue weighted by Gasteiger charge is 2.31. The molecule has 1 amide bonds. The van der Waals surface area contributed by atoms with Crippen molar-refractivity contribution >= 4 is 39.2 Å². The highest BCUT2D eigenvalue weighted by molar-refractivity contribution is 8.01. The predicted octanol–water partition coefficient (Wildman–Crippen LogP) is 4.50.